The van der Waals surface area contributed by atoms with Crippen molar-refractivity contribution >= 4 is 33.0 Å². The van der Waals surface area contributed by atoms with E-state index in [0.717, 1.165) is 29.7 Å². The molecule has 1 aromatic carbocycles. The number of nitriles is 1. The highest BCUT2D eigenvalue weighted by atomic mass is 32.1. The molecule has 1 N–H and O–H groups in total. The number of hydrogen-bond donors (Lipinski definition) is 1. The van der Waals surface area contributed by atoms with Crippen LogP contribution in [0.25, 0.3) is 10.8 Å². The average Bonchev–Trinajstić information content (AvgIpc) is 2.97. The Balaban J connectivity index is 1.69. The maximum Gasteiger partial charge on any atom is 0.344 e. The molecule has 1 atom stereocenters. The van der Waals surface area contributed by atoms with Crippen LogP contribution in [0.1, 0.15) is 39.9 Å². The van der Waals surface area contributed by atoms with Gasteiger partial charge in [-0.15, -0.1) is 11.3 Å². The quantitative estimate of drug-likeness (QED) is 0.742. The van der Waals surface area contributed by atoms with Gasteiger partial charge in [-0.1, -0.05) is 25.1 Å². The van der Waals surface area contributed by atoms with E-state index in [0.29, 0.717) is 27.3 Å². The second-order valence-corrected chi connectivity index (χ2v) is 7.71. The summed E-state index contributed by atoms with van der Waals surface area (Å²) in [4.78, 5) is 25.8. The molecule has 3 aromatic rings. The number of benzene rings is 1. The van der Waals surface area contributed by atoms with Crippen LogP contribution >= 0.6 is 11.3 Å². The van der Waals surface area contributed by atoms with Crippen LogP contribution in [0.2, 0.25) is 0 Å². The lowest BCUT2D eigenvalue weighted by Gasteiger charge is -2.17. The normalized spacial score (nSPS) is 16.1. The number of hydrogen-bond acceptors (Lipinski definition) is 5. The highest BCUT2D eigenvalue weighted by Crippen LogP contribution is 2.39. The number of amides is 1. The van der Waals surface area contributed by atoms with E-state index >= 15 is 0 Å². The van der Waals surface area contributed by atoms with E-state index in [1.54, 1.807) is 30.3 Å². The Morgan fingerprint density at radius 2 is 2.19 bits per heavy atom. The van der Waals surface area contributed by atoms with Crippen LogP contribution < -0.4 is 10.9 Å². The molecule has 2 aromatic heterocycles. The van der Waals surface area contributed by atoms with Crippen molar-refractivity contribution in [2.45, 2.75) is 26.2 Å². The highest BCUT2D eigenvalue weighted by Gasteiger charge is 2.25. The number of nitrogens with one attached hydrogen (secondary N) is 1. The molecule has 0 saturated carbocycles. The van der Waals surface area contributed by atoms with E-state index in [9.17, 15) is 14.9 Å². The first-order valence-electron chi connectivity index (χ1n) is 8.45. The Morgan fingerprint density at radius 3 is 3.00 bits per heavy atom. The molecule has 1 amide bonds. The zero-order valence-corrected chi connectivity index (χ0v) is 15.0. The summed E-state index contributed by atoms with van der Waals surface area (Å²) in [6, 6.07) is 10.7. The minimum atomic E-state index is -0.548. The highest BCUT2D eigenvalue weighted by molar-refractivity contribution is 7.16. The van der Waals surface area contributed by atoms with Crippen molar-refractivity contribution in [3.63, 3.8) is 0 Å². The van der Waals surface area contributed by atoms with Crippen molar-refractivity contribution in [2.24, 2.45) is 5.92 Å². The van der Waals surface area contributed by atoms with Crippen molar-refractivity contribution in [3.8, 4) is 6.07 Å². The van der Waals surface area contributed by atoms with E-state index in [1.807, 2.05) is 0 Å². The number of nitrogens with zero attached hydrogens (tertiary/aromatic N) is 1. The summed E-state index contributed by atoms with van der Waals surface area (Å²) in [5.74, 6) is 0.00285. The topological polar surface area (TPSA) is 83.1 Å². The molecule has 0 saturated heterocycles. The standard InChI is InChI=1S/C20H16N2O3S/c1-11-6-7-14-15(10-21)19(26-17(14)8-11)22-18(23)16-9-12-4-2-3-5-13(12)20(24)25-16/h2-5,9,11H,6-8H2,1H3,(H,22,23)/t11-/m0/s1. The number of carbonyl (C=O) groups excluding carboxylic acids is 1. The van der Waals surface area contributed by atoms with Crippen LogP contribution in [-0.2, 0) is 12.8 Å². The third-order valence-electron chi connectivity index (χ3n) is 4.74. The first-order chi connectivity index (χ1) is 12.6. The molecule has 6 heteroatoms. The van der Waals surface area contributed by atoms with Crippen LogP contribution in [0.5, 0.6) is 0 Å². The Kier molecular flexibility index (Phi) is 4.09. The van der Waals surface area contributed by atoms with Crippen molar-refractivity contribution in [2.75, 3.05) is 5.32 Å². The molecule has 0 spiro atoms. The molecule has 0 fully saturated rings. The largest absolute Gasteiger partial charge is 0.417 e. The molecule has 26 heavy (non-hydrogen) atoms. The zero-order valence-electron chi connectivity index (χ0n) is 14.2. The summed E-state index contributed by atoms with van der Waals surface area (Å²) in [6.45, 7) is 2.19. The molecular weight excluding hydrogens is 348 g/mol. The summed E-state index contributed by atoms with van der Waals surface area (Å²) >= 11 is 1.45. The van der Waals surface area contributed by atoms with Gasteiger partial charge in [0.25, 0.3) is 5.91 Å². The van der Waals surface area contributed by atoms with E-state index in [1.165, 1.54) is 11.3 Å². The number of fused-ring (bicyclic) bond motifs is 2. The van der Waals surface area contributed by atoms with Gasteiger partial charge < -0.3 is 9.73 Å². The Labute approximate surface area is 153 Å². The van der Waals surface area contributed by atoms with E-state index in [4.69, 9.17) is 4.42 Å². The van der Waals surface area contributed by atoms with Gasteiger partial charge in [0.15, 0.2) is 5.76 Å². The molecule has 2 heterocycles. The molecule has 0 unspecified atom stereocenters. The van der Waals surface area contributed by atoms with E-state index in [2.05, 4.69) is 18.3 Å². The Morgan fingerprint density at radius 1 is 1.38 bits per heavy atom. The van der Waals surface area contributed by atoms with Crippen LogP contribution in [-0.4, -0.2) is 5.91 Å². The van der Waals surface area contributed by atoms with Crippen LogP contribution in [0.4, 0.5) is 5.00 Å². The molecule has 130 valence electrons. The van der Waals surface area contributed by atoms with Gasteiger partial charge in [-0.2, -0.15) is 5.26 Å². The van der Waals surface area contributed by atoms with Gasteiger partial charge in [0, 0.05) is 4.88 Å². The predicted octanol–water partition coefficient (Wildman–Crippen LogP) is 4.10. The Hall–Kier alpha value is -2.91. The maximum absolute atomic E-state index is 12.6. The van der Waals surface area contributed by atoms with Gasteiger partial charge in [-0.05, 0) is 48.3 Å². The van der Waals surface area contributed by atoms with Crippen molar-refractivity contribution < 1.29 is 9.21 Å². The zero-order chi connectivity index (χ0) is 18.3. The predicted molar refractivity (Wildman–Crippen MR) is 101 cm³/mol. The lowest BCUT2D eigenvalue weighted by atomic mass is 9.89. The van der Waals surface area contributed by atoms with Gasteiger partial charge in [0.1, 0.15) is 11.1 Å². The van der Waals surface area contributed by atoms with Gasteiger partial charge in [0.05, 0.1) is 10.9 Å². The molecule has 1 aliphatic rings. The van der Waals surface area contributed by atoms with Gasteiger partial charge >= 0.3 is 5.63 Å². The van der Waals surface area contributed by atoms with Crippen molar-refractivity contribution in [1.29, 1.82) is 5.26 Å². The number of anilines is 1. The van der Waals surface area contributed by atoms with Gasteiger partial charge in [-0.25, -0.2) is 4.79 Å². The number of thiophene rings is 1. The summed E-state index contributed by atoms with van der Waals surface area (Å²) in [5.41, 5.74) is 1.03. The van der Waals surface area contributed by atoms with Crippen LogP contribution in [0, 0.1) is 17.2 Å². The Bertz CT molecular complexity index is 1120. The van der Waals surface area contributed by atoms with Crippen molar-refractivity contribution in [3.05, 3.63) is 62.5 Å². The fraction of sp³-hybridized carbons (Fsp3) is 0.250. The summed E-state index contributed by atoms with van der Waals surface area (Å²) < 4.78 is 5.17. The van der Waals surface area contributed by atoms with Crippen LogP contribution in [0.3, 0.4) is 0 Å². The maximum atomic E-state index is 12.6. The van der Waals surface area contributed by atoms with Crippen LogP contribution in [0.15, 0.2) is 39.5 Å². The number of carbonyl (C=O) groups is 1. The molecular formula is C20H16N2O3S. The van der Waals surface area contributed by atoms with E-state index < -0.39 is 11.5 Å². The summed E-state index contributed by atoms with van der Waals surface area (Å²) in [5, 5.41) is 13.9. The molecule has 5 nitrogen and oxygen atoms in total. The molecule has 4 rings (SSSR count). The number of rotatable bonds is 2. The van der Waals surface area contributed by atoms with Gasteiger partial charge in [-0.3, -0.25) is 4.79 Å². The smallest absolute Gasteiger partial charge is 0.344 e. The minimum absolute atomic E-state index is 0.0580. The average molecular weight is 364 g/mol. The summed E-state index contributed by atoms with van der Waals surface area (Å²) in [6.07, 6.45) is 2.83. The summed E-state index contributed by atoms with van der Waals surface area (Å²) in [7, 11) is 0. The molecule has 1 aliphatic carbocycles. The SMILES string of the molecule is C[C@H]1CCc2c(sc(NC(=O)c3cc4ccccc4c(=O)o3)c2C#N)C1. The monoisotopic (exact) mass is 364 g/mol. The first-order valence-corrected chi connectivity index (χ1v) is 9.27. The molecule has 0 bridgehead atoms. The third kappa shape index (κ3) is 2.80. The fourth-order valence-corrected chi connectivity index (χ4v) is 4.72. The lowest BCUT2D eigenvalue weighted by Crippen LogP contribution is -2.15. The molecule has 0 aliphatic heterocycles. The van der Waals surface area contributed by atoms with Crippen molar-refractivity contribution in [1.82, 2.24) is 0 Å². The third-order valence-corrected chi connectivity index (χ3v) is 5.91. The second-order valence-electron chi connectivity index (χ2n) is 6.61. The second kappa shape index (κ2) is 6.43. The van der Waals surface area contributed by atoms with Gasteiger partial charge in [0.2, 0.25) is 0 Å². The minimum Gasteiger partial charge on any atom is -0.417 e. The molecule has 0 radical (unpaired) electrons. The van der Waals surface area contributed by atoms with E-state index in [-0.39, 0.29) is 5.76 Å². The lowest BCUT2D eigenvalue weighted by molar-refractivity contribution is 0.0993. The first kappa shape index (κ1) is 16.6. The fourth-order valence-electron chi connectivity index (χ4n) is 3.37.